The van der Waals surface area contributed by atoms with Gasteiger partial charge in [0.2, 0.25) is 0 Å². The molecule has 3 heteroatoms. The highest BCUT2D eigenvalue weighted by Gasteiger charge is 2.15. The van der Waals surface area contributed by atoms with Gasteiger partial charge in [0.15, 0.2) is 5.78 Å². The second-order valence-electron chi connectivity index (χ2n) is 4.23. The van der Waals surface area contributed by atoms with Gasteiger partial charge in [-0.3, -0.25) is 4.79 Å². The molecule has 0 aliphatic heterocycles. The van der Waals surface area contributed by atoms with Crippen LogP contribution in [0.25, 0.3) is 0 Å². The van der Waals surface area contributed by atoms with Gasteiger partial charge < -0.3 is 0 Å². The topological polar surface area (TPSA) is 17.1 Å². The molecular weight excluding hydrogens is 251 g/mol. The van der Waals surface area contributed by atoms with Crippen LogP contribution in [0.2, 0.25) is 5.02 Å². The first-order valence-electron chi connectivity index (χ1n) is 5.56. The molecule has 2 aromatic rings. The first kappa shape index (κ1) is 12.8. The molecule has 2 aromatic carbocycles. The van der Waals surface area contributed by atoms with Crippen LogP contribution in [0.15, 0.2) is 36.4 Å². The van der Waals surface area contributed by atoms with E-state index in [1.165, 1.54) is 6.07 Å². The SMILES string of the molecule is Cc1ccc(C(=O)c2cccc(C)c2F)cc1Cl. The number of carbonyl (C=O) groups is 1. The lowest BCUT2D eigenvalue weighted by molar-refractivity contribution is 0.103. The molecule has 0 amide bonds. The Hall–Kier alpha value is -1.67. The summed E-state index contributed by atoms with van der Waals surface area (Å²) in [7, 11) is 0. The van der Waals surface area contributed by atoms with Crippen LogP contribution in [0.1, 0.15) is 27.0 Å². The summed E-state index contributed by atoms with van der Waals surface area (Å²) in [6, 6.07) is 9.77. The molecular formula is C15H12ClFO. The highest BCUT2D eigenvalue weighted by Crippen LogP contribution is 2.21. The number of ketones is 1. The Morgan fingerprint density at radius 2 is 1.83 bits per heavy atom. The normalized spacial score (nSPS) is 10.4. The van der Waals surface area contributed by atoms with E-state index in [-0.39, 0.29) is 11.3 Å². The Morgan fingerprint density at radius 1 is 1.11 bits per heavy atom. The molecule has 0 bridgehead atoms. The van der Waals surface area contributed by atoms with Crippen molar-refractivity contribution in [3.63, 3.8) is 0 Å². The van der Waals surface area contributed by atoms with Gasteiger partial charge in [-0.25, -0.2) is 4.39 Å². The van der Waals surface area contributed by atoms with E-state index in [9.17, 15) is 9.18 Å². The summed E-state index contributed by atoms with van der Waals surface area (Å²) in [6.45, 7) is 3.48. The molecule has 0 saturated heterocycles. The fourth-order valence-corrected chi connectivity index (χ4v) is 1.89. The van der Waals surface area contributed by atoms with Crippen molar-refractivity contribution in [1.29, 1.82) is 0 Å². The maximum absolute atomic E-state index is 13.9. The van der Waals surface area contributed by atoms with Gasteiger partial charge in [-0.2, -0.15) is 0 Å². The van der Waals surface area contributed by atoms with Crippen LogP contribution < -0.4 is 0 Å². The third-order valence-electron chi connectivity index (χ3n) is 2.87. The molecule has 0 fully saturated rings. The van der Waals surface area contributed by atoms with Crippen molar-refractivity contribution in [2.75, 3.05) is 0 Å². The predicted molar refractivity (Wildman–Crippen MR) is 70.8 cm³/mol. The maximum atomic E-state index is 13.9. The van der Waals surface area contributed by atoms with Crippen molar-refractivity contribution in [2.45, 2.75) is 13.8 Å². The van der Waals surface area contributed by atoms with E-state index in [0.717, 1.165) is 5.56 Å². The highest BCUT2D eigenvalue weighted by molar-refractivity contribution is 6.31. The minimum Gasteiger partial charge on any atom is -0.288 e. The summed E-state index contributed by atoms with van der Waals surface area (Å²) >= 11 is 5.97. The Morgan fingerprint density at radius 3 is 2.50 bits per heavy atom. The average Bonchev–Trinajstić information content (AvgIpc) is 2.35. The van der Waals surface area contributed by atoms with Gasteiger partial charge in [0.1, 0.15) is 5.82 Å². The first-order chi connectivity index (χ1) is 8.50. The van der Waals surface area contributed by atoms with Crippen molar-refractivity contribution in [3.8, 4) is 0 Å². The molecule has 0 unspecified atom stereocenters. The zero-order chi connectivity index (χ0) is 13.3. The molecule has 0 atom stereocenters. The van der Waals surface area contributed by atoms with E-state index < -0.39 is 5.82 Å². The van der Waals surface area contributed by atoms with E-state index in [1.807, 2.05) is 6.92 Å². The number of benzene rings is 2. The average molecular weight is 263 g/mol. The van der Waals surface area contributed by atoms with Gasteiger partial charge in [-0.1, -0.05) is 35.9 Å². The van der Waals surface area contributed by atoms with Crippen LogP contribution in [0.4, 0.5) is 4.39 Å². The van der Waals surface area contributed by atoms with Crippen molar-refractivity contribution in [2.24, 2.45) is 0 Å². The summed E-state index contributed by atoms with van der Waals surface area (Å²) in [6.07, 6.45) is 0. The number of aryl methyl sites for hydroxylation is 2. The summed E-state index contributed by atoms with van der Waals surface area (Å²) in [5, 5.41) is 0.508. The van der Waals surface area contributed by atoms with Crippen molar-refractivity contribution >= 4 is 17.4 Å². The Bertz CT molecular complexity index is 620. The van der Waals surface area contributed by atoms with Gasteiger partial charge in [0.05, 0.1) is 5.56 Å². The van der Waals surface area contributed by atoms with E-state index >= 15 is 0 Å². The van der Waals surface area contributed by atoms with E-state index in [1.54, 1.807) is 37.3 Å². The lowest BCUT2D eigenvalue weighted by Gasteiger charge is -2.06. The fourth-order valence-electron chi connectivity index (χ4n) is 1.71. The largest absolute Gasteiger partial charge is 0.288 e. The van der Waals surface area contributed by atoms with Gasteiger partial charge in [0, 0.05) is 10.6 Å². The molecule has 0 radical (unpaired) electrons. The van der Waals surface area contributed by atoms with E-state index in [0.29, 0.717) is 16.1 Å². The number of hydrogen-bond acceptors (Lipinski definition) is 1. The third-order valence-corrected chi connectivity index (χ3v) is 3.28. The molecule has 92 valence electrons. The molecule has 0 aliphatic rings. The van der Waals surface area contributed by atoms with Crippen LogP contribution in [0, 0.1) is 19.7 Å². The van der Waals surface area contributed by atoms with Crippen molar-refractivity contribution < 1.29 is 9.18 Å². The molecule has 0 aliphatic carbocycles. The molecule has 0 saturated carbocycles. The van der Waals surface area contributed by atoms with E-state index in [2.05, 4.69) is 0 Å². The van der Waals surface area contributed by atoms with Gasteiger partial charge in [-0.15, -0.1) is 0 Å². The molecule has 18 heavy (non-hydrogen) atoms. The number of rotatable bonds is 2. The predicted octanol–water partition coefficient (Wildman–Crippen LogP) is 4.33. The minimum atomic E-state index is -0.473. The van der Waals surface area contributed by atoms with Crippen LogP contribution in [-0.2, 0) is 0 Å². The maximum Gasteiger partial charge on any atom is 0.196 e. The van der Waals surface area contributed by atoms with Gasteiger partial charge >= 0.3 is 0 Å². The zero-order valence-electron chi connectivity index (χ0n) is 10.1. The first-order valence-corrected chi connectivity index (χ1v) is 5.94. The van der Waals surface area contributed by atoms with E-state index in [4.69, 9.17) is 11.6 Å². The molecule has 0 heterocycles. The summed E-state index contributed by atoms with van der Waals surface area (Å²) in [5.41, 5.74) is 1.82. The third kappa shape index (κ3) is 2.29. The molecule has 1 nitrogen and oxygen atoms in total. The number of carbonyl (C=O) groups excluding carboxylic acids is 1. The van der Waals surface area contributed by atoms with Gasteiger partial charge in [-0.05, 0) is 37.1 Å². The zero-order valence-corrected chi connectivity index (χ0v) is 10.9. The second-order valence-corrected chi connectivity index (χ2v) is 4.64. The monoisotopic (exact) mass is 262 g/mol. The number of hydrogen-bond donors (Lipinski definition) is 0. The van der Waals surface area contributed by atoms with Crippen LogP contribution in [0.5, 0.6) is 0 Å². The van der Waals surface area contributed by atoms with Gasteiger partial charge in [0.25, 0.3) is 0 Å². The fraction of sp³-hybridized carbons (Fsp3) is 0.133. The molecule has 0 aromatic heterocycles. The standard InChI is InChI=1S/C15H12ClFO/c1-9-6-7-11(8-13(9)16)15(18)12-5-3-4-10(2)14(12)17/h3-8H,1-2H3. The van der Waals surface area contributed by atoms with Crippen molar-refractivity contribution in [1.82, 2.24) is 0 Å². The summed E-state index contributed by atoms with van der Waals surface area (Å²) < 4.78 is 13.9. The lowest BCUT2D eigenvalue weighted by atomic mass is 10.00. The molecule has 2 rings (SSSR count). The Kier molecular flexibility index (Phi) is 3.48. The van der Waals surface area contributed by atoms with Crippen LogP contribution in [-0.4, -0.2) is 5.78 Å². The quantitative estimate of drug-likeness (QED) is 0.737. The Balaban J connectivity index is 2.48. The second kappa shape index (κ2) is 4.91. The lowest BCUT2D eigenvalue weighted by Crippen LogP contribution is -2.05. The van der Waals surface area contributed by atoms with Crippen molar-refractivity contribution in [3.05, 3.63) is 69.5 Å². The van der Waals surface area contributed by atoms with Crippen LogP contribution in [0.3, 0.4) is 0 Å². The summed E-state index contributed by atoms with van der Waals surface area (Å²) in [4.78, 5) is 12.2. The highest BCUT2D eigenvalue weighted by atomic mass is 35.5. The molecule has 0 N–H and O–H groups in total. The smallest absolute Gasteiger partial charge is 0.196 e. The summed E-state index contributed by atoms with van der Waals surface area (Å²) in [5.74, 6) is -0.822. The number of halogens is 2. The Labute approximate surface area is 110 Å². The van der Waals surface area contributed by atoms with Crippen LogP contribution >= 0.6 is 11.6 Å². The molecule has 0 spiro atoms. The minimum absolute atomic E-state index is 0.0786.